The van der Waals surface area contributed by atoms with E-state index in [9.17, 15) is 60.3 Å². The van der Waals surface area contributed by atoms with E-state index in [2.05, 4.69) is 6.58 Å². The number of hydrogen-bond acceptors (Lipinski definition) is 15. The average molecular weight is 759 g/mol. The molecule has 6 fully saturated rings. The van der Waals surface area contributed by atoms with Crippen molar-refractivity contribution in [3.63, 3.8) is 0 Å². The van der Waals surface area contributed by atoms with Crippen LogP contribution >= 0.6 is 0 Å². The maximum atomic E-state index is 13.2. The van der Waals surface area contributed by atoms with Crippen LogP contribution in [0.15, 0.2) is 12.2 Å². The summed E-state index contributed by atoms with van der Waals surface area (Å²) in [5.41, 5.74) is -3.19. The second-order valence-corrected chi connectivity index (χ2v) is 16.7. The average Bonchev–Trinajstić information content (AvgIpc) is 3.28. The number of carbonyl (C=O) groups excluding carboxylic acids is 1. The van der Waals surface area contributed by atoms with E-state index >= 15 is 0 Å². The molecule has 300 valence electrons. The Kier molecular flexibility index (Phi) is 11.2. The van der Waals surface area contributed by atoms with Crippen LogP contribution in [0.1, 0.15) is 65.7 Å². The van der Waals surface area contributed by atoms with Crippen molar-refractivity contribution in [1.29, 1.82) is 0 Å². The molecule has 53 heavy (non-hydrogen) atoms. The van der Waals surface area contributed by atoms with Crippen molar-refractivity contribution in [3.8, 4) is 0 Å². The zero-order valence-corrected chi connectivity index (χ0v) is 30.1. The molecular formula is C36H54O17. The van der Waals surface area contributed by atoms with Crippen molar-refractivity contribution >= 4 is 17.9 Å². The molecule has 17 atom stereocenters. The number of fused-ring (bicyclic) bond motifs is 3. The van der Waals surface area contributed by atoms with Crippen molar-refractivity contribution in [2.75, 3.05) is 13.2 Å². The summed E-state index contributed by atoms with van der Waals surface area (Å²) in [6.07, 6.45) is -16.8. The summed E-state index contributed by atoms with van der Waals surface area (Å²) in [5, 5.41) is 95.8. The number of aliphatic hydroxyl groups is 7. The van der Waals surface area contributed by atoms with Gasteiger partial charge in [-0.05, 0) is 67.3 Å². The Morgan fingerprint density at radius 2 is 1.42 bits per heavy atom. The van der Waals surface area contributed by atoms with Gasteiger partial charge in [0.2, 0.25) is 0 Å². The van der Waals surface area contributed by atoms with Gasteiger partial charge >= 0.3 is 17.9 Å². The van der Waals surface area contributed by atoms with E-state index in [4.69, 9.17) is 23.7 Å². The lowest BCUT2D eigenvalue weighted by Gasteiger charge is -2.64. The molecule has 17 heteroatoms. The molecule has 2 saturated heterocycles. The minimum Gasteiger partial charge on any atom is -0.480 e. The van der Waals surface area contributed by atoms with Crippen LogP contribution in [0.4, 0.5) is 0 Å². The lowest BCUT2D eigenvalue weighted by atomic mass is 9.40. The van der Waals surface area contributed by atoms with Gasteiger partial charge in [0.05, 0.1) is 31.3 Å². The zero-order chi connectivity index (χ0) is 38.9. The Bertz CT molecular complexity index is 1410. The molecule has 0 aromatic heterocycles. The fourth-order valence-corrected chi connectivity index (χ4v) is 11.0. The number of carbonyl (C=O) groups is 3. The van der Waals surface area contributed by atoms with Crippen LogP contribution in [0.25, 0.3) is 0 Å². The molecule has 6 aliphatic rings. The fourth-order valence-electron chi connectivity index (χ4n) is 11.0. The van der Waals surface area contributed by atoms with E-state index in [-0.39, 0.29) is 24.7 Å². The first-order valence-corrected chi connectivity index (χ1v) is 18.5. The smallest absolute Gasteiger partial charge is 0.321 e. The van der Waals surface area contributed by atoms with Crippen LogP contribution in [0, 0.1) is 39.9 Å². The van der Waals surface area contributed by atoms with Crippen molar-refractivity contribution in [2.45, 2.75) is 139 Å². The molecule has 2 heterocycles. The summed E-state index contributed by atoms with van der Waals surface area (Å²) < 4.78 is 29.6. The minimum absolute atomic E-state index is 0.107. The van der Waals surface area contributed by atoms with E-state index in [1.165, 1.54) is 13.8 Å². The standard InChI is InChI=1S/C36H54O17/c1-14(2)29(44)52-27-26(53-30-25(42)24(41)22(39)18(12-37)50-30)23(40)19(13-38)51-31(27)49-17-10-34(4)20-6-5-16-9-35(20,28(43)15(16)3)8-7-21(34)36(11-17,32(45)46)33(47)48/h14,16-28,30-31,37-43H,3,5-13H2,1-2,4H3,(H,45,46)(H,47,48)/t16-,17+,18-,19-,20+,21+,22-,23-,24+,25-,26+,27-,28+,30+,31-,34+,35-/m1/s1. The fraction of sp³-hybridized carbons (Fsp3) is 0.861. The molecule has 0 aromatic carbocycles. The number of aliphatic carboxylic acids is 2. The predicted molar refractivity (Wildman–Crippen MR) is 176 cm³/mol. The van der Waals surface area contributed by atoms with Crippen molar-refractivity contribution in [1.82, 2.24) is 0 Å². The van der Waals surface area contributed by atoms with E-state index < -0.39 is 139 Å². The number of rotatable bonds is 10. The van der Waals surface area contributed by atoms with Crippen LogP contribution < -0.4 is 0 Å². The molecule has 0 aromatic rings. The molecule has 4 aliphatic carbocycles. The molecule has 0 amide bonds. The van der Waals surface area contributed by atoms with Gasteiger partial charge < -0.3 is 69.6 Å². The first-order chi connectivity index (χ1) is 24.9. The number of aliphatic hydroxyl groups excluding tert-OH is 7. The Labute approximate surface area is 306 Å². The van der Waals surface area contributed by atoms with Gasteiger partial charge in [0.25, 0.3) is 0 Å². The zero-order valence-electron chi connectivity index (χ0n) is 30.1. The Hall–Kier alpha value is -2.29. The first-order valence-electron chi connectivity index (χ1n) is 18.5. The van der Waals surface area contributed by atoms with Crippen LogP contribution in [-0.4, -0.2) is 151 Å². The van der Waals surface area contributed by atoms with Crippen molar-refractivity contribution < 1.29 is 84.0 Å². The molecule has 6 rings (SSSR count). The highest BCUT2D eigenvalue weighted by Crippen LogP contribution is 2.72. The number of carboxylic acid groups (broad SMARTS) is 2. The number of carboxylic acids is 2. The van der Waals surface area contributed by atoms with Crippen molar-refractivity contribution in [3.05, 3.63) is 12.2 Å². The highest BCUT2D eigenvalue weighted by Gasteiger charge is 2.72. The van der Waals surface area contributed by atoms with E-state index in [1.54, 1.807) is 0 Å². The lowest BCUT2D eigenvalue weighted by Crippen LogP contribution is -2.67. The quantitative estimate of drug-likeness (QED) is 0.0553. The third-order valence-electron chi connectivity index (χ3n) is 13.6. The number of hydrogen-bond donors (Lipinski definition) is 9. The summed E-state index contributed by atoms with van der Waals surface area (Å²) in [6, 6.07) is 0. The Morgan fingerprint density at radius 3 is 2.02 bits per heavy atom. The summed E-state index contributed by atoms with van der Waals surface area (Å²) in [7, 11) is 0. The lowest BCUT2D eigenvalue weighted by molar-refractivity contribution is -0.367. The number of esters is 1. The molecule has 4 saturated carbocycles. The topological polar surface area (TPSA) is 279 Å². The van der Waals surface area contributed by atoms with Gasteiger partial charge in [-0.15, -0.1) is 0 Å². The van der Waals surface area contributed by atoms with Crippen LogP contribution in [-0.2, 0) is 38.1 Å². The Morgan fingerprint density at radius 1 is 0.792 bits per heavy atom. The highest BCUT2D eigenvalue weighted by atomic mass is 16.8. The van der Waals surface area contributed by atoms with Gasteiger partial charge in [-0.2, -0.15) is 0 Å². The monoisotopic (exact) mass is 758 g/mol. The second-order valence-electron chi connectivity index (χ2n) is 16.7. The van der Waals surface area contributed by atoms with Gasteiger partial charge in [0.15, 0.2) is 24.1 Å². The van der Waals surface area contributed by atoms with Gasteiger partial charge in [0, 0.05) is 11.8 Å². The van der Waals surface area contributed by atoms with Gasteiger partial charge in [-0.3, -0.25) is 14.4 Å². The Balaban J connectivity index is 1.37. The third kappa shape index (κ3) is 6.33. The van der Waals surface area contributed by atoms with Crippen molar-refractivity contribution in [2.24, 2.45) is 39.9 Å². The summed E-state index contributed by atoms with van der Waals surface area (Å²) >= 11 is 0. The van der Waals surface area contributed by atoms with Gasteiger partial charge in [-0.1, -0.05) is 27.4 Å². The molecular weight excluding hydrogens is 704 g/mol. The highest BCUT2D eigenvalue weighted by molar-refractivity contribution is 5.99. The molecule has 17 nitrogen and oxygen atoms in total. The first kappa shape index (κ1) is 40.4. The summed E-state index contributed by atoms with van der Waals surface area (Å²) in [6.45, 7) is 7.46. The van der Waals surface area contributed by atoms with E-state index in [1.807, 2.05) is 6.92 Å². The molecule has 9 N–H and O–H groups in total. The van der Waals surface area contributed by atoms with Crippen LogP contribution in [0.2, 0.25) is 0 Å². The van der Waals surface area contributed by atoms with Crippen LogP contribution in [0.3, 0.4) is 0 Å². The summed E-state index contributed by atoms with van der Waals surface area (Å²) in [5.74, 6) is -5.67. The van der Waals surface area contributed by atoms with Gasteiger partial charge in [-0.25, -0.2) is 0 Å². The van der Waals surface area contributed by atoms with Crippen LogP contribution in [0.5, 0.6) is 0 Å². The summed E-state index contributed by atoms with van der Waals surface area (Å²) in [4.78, 5) is 39.6. The third-order valence-corrected chi connectivity index (χ3v) is 13.6. The molecule has 0 radical (unpaired) electrons. The molecule has 1 spiro atoms. The predicted octanol–water partition coefficient (Wildman–Crippen LogP) is -1.10. The molecule has 2 aliphatic heterocycles. The van der Waals surface area contributed by atoms with E-state index in [0.29, 0.717) is 25.7 Å². The van der Waals surface area contributed by atoms with E-state index in [0.717, 1.165) is 5.57 Å². The normalized spacial score (nSPS) is 47.8. The molecule has 2 bridgehead atoms. The maximum absolute atomic E-state index is 13.2. The van der Waals surface area contributed by atoms with Gasteiger partial charge in [0.1, 0.15) is 42.7 Å². The second kappa shape index (κ2) is 14.7. The number of ether oxygens (including phenoxy) is 5. The molecule has 0 unspecified atom stereocenters. The SMILES string of the molecule is C=C1[C@@H]2CC[C@H]3[C@]4(C)C[C@H](O[C@@H]5O[C@H](CO)[C@@H](O)[C@H](O[C@@H]6O[C@H](CO)[C@@H](O)[C@H](O)[C@H]6O)[C@H]5OC(=O)C(C)C)CC(C(=O)O)(C(=O)O)[C@H]4CC[C@]3(C2)[C@H]1O. The maximum Gasteiger partial charge on any atom is 0.321 e. The largest absolute Gasteiger partial charge is 0.480 e. The minimum atomic E-state index is -2.32.